The van der Waals surface area contributed by atoms with Gasteiger partial charge in [0, 0.05) is 59.6 Å². The molecule has 0 aromatic heterocycles. The lowest BCUT2D eigenvalue weighted by Crippen LogP contribution is -2.47. The Morgan fingerprint density at radius 2 is 1.32 bits per heavy atom. The molecule has 274 valence electrons. The van der Waals surface area contributed by atoms with E-state index in [4.69, 9.17) is 5.73 Å². The van der Waals surface area contributed by atoms with E-state index in [-0.39, 0.29) is 22.8 Å². The molecule has 4 aliphatic heterocycles. The Bertz CT molecular complexity index is 1930. The van der Waals surface area contributed by atoms with Crippen LogP contribution in [0.3, 0.4) is 0 Å². The first-order chi connectivity index (χ1) is 25.8. The Morgan fingerprint density at radius 3 is 1.94 bits per heavy atom. The van der Waals surface area contributed by atoms with Crippen LogP contribution in [0.4, 0.5) is 17.1 Å². The highest BCUT2D eigenvalue weighted by atomic mass is 32.2. The van der Waals surface area contributed by atoms with Gasteiger partial charge in [-0.25, -0.2) is 0 Å². The summed E-state index contributed by atoms with van der Waals surface area (Å²) in [5.74, 6) is -0.237. The van der Waals surface area contributed by atoms with Crippen LogP contribution < -0.4 is 10.6 Å². The first-order valence-electron chi connectivity index (χ1n) is 19.0. The maximum Gasteiger partial charge on any atom is 0.276 e. The number of para-hydroxylation sites is 2. The van der Waals surface area contributed by atoms with Crippen molar-refractivity contribution in [1.29, 1.82) is 0 Å². The second kappa shape index (κ2) is 17.1. The van der Waals surface area contributed by atoms with E-state index < -0.39 is 0 Å². The summed E-state index contributed by atoms with van der Waals surface area (Å²) < 4.78 is 0. The van der Waals surface area contributed by atoms with Crippen LogP contribution in [0.15, 0.2) is 136 Å². The van der Waals surface area contributed by atoms with E-state index >= 15 is 0 Å². The highest BCUT2D eigenvalue weighted by Crippen LogP contribution is 2.52. The second-order valence-corrected chi connectivity index (χ2v) is 18.0. The number of benzene rings is 3. The Labute approximate surface area is 327 Å². The molecule has 0 saturated heterocycles. The standard InChI is InChI=1S/C45H49N3O2S3/c1-4-6-13-31(5-2)29-47-44(49)37(30(3)43(46)45(47)50)28-36-22-23-39(51-36)40-26-27-42(53-40)41-25-24-38(52-41)32-18-20-35(21-19-32)48(33-14-9-7-10-15-33)34-16-11-8-12-17-34/h7-12,14-21,23-24,26,28,31,36,41-42H,4-6,13,22,25,27,29,46H2,1-3H3/b37-28-. The number of imide groups is 1. The van der Waals surface area contributed by atoms with Crippen LogP contribution in [0, 0.1) is 5.92 Å². The van der Waals surface area contributed by atoms with Gasteiger partial charge in [-0.15, -0.1) is 35.3 Å². The van der Waals surface area contributed by atoms with E-state index in [1.165, 1.54) is 25.2 Å². The van der Waals surface area contributed by atoms with Crippen LogP contribution in [0.25, 0.3) is 4.91 Å². The summed E-state index contributed by atoms with van der Waals surface area (Å²) in [6, 6.07) is 30.1. The minimum atomic E-state index is -0.340. The maximum absolute atomic E-state index is 13.7. The van der Waals surface area contributed by atoms with Gasteiger partial charge >= 0.3 is 0 Å². The van der Waals surface area contributed by atoms with Gasteiger partial charge in [-0.2, -0.15) is 0 Å². The number of unbranched alkanes of at least 4 members (excludes halogenated alkanes) is 1. The molecule has 4 atom stereocenters. The van der Waals surface area contributed by atoms with Crippen molar-refractivity contribution in [2.24, 2.45) is 11.7 Å². The second-order valence-electron chi connectivity index (χ2n) is 14.2. The van der Waals surface area contributed by atoms with Gasteiger partial charge in [-0.1, -0.05) is 106 Å². The topological polar surface area (TPSA) is 66.6 Å². The van der Waals surface area contributed by atoms with Crippen molar-refractivity contribution < 1.29 is 9.59 Å². The van der Waals surface area contributed by atoms with Gasteiger partial charge in [0.2, 0.25) is 0 Å². The Balaban J connectivity index is 0.953. The zero-order chi connectivity index (χ0) is 36.9. The third-order valence-corrected chi connectivity index (χ3v) is 15.2. The van der Waals surface area contributed by atoms with Gasteiger partial charge in [0.15, 0.2) is 0 Å². The number of nitrogens with zero attached hydrogens (tertiary/aromatic N) is 2. The highest BCUT2D eigenvalue weighted by Gasteiger charge is 2.37. The molecule has 0 aliphatic carbocycles. The molecular weight excluding hydrogens is 711 g/mol. The monoisotopic (exact) mass is 759 g/mol. The average Bonchev–Trinajstić information content (AvgIpc) is 3.99. The molecule has 0 radical (unpaired) electrons. The van der Waals surface area contributed by atoms with Gasteiger partial charge < -0.3 is 10.6 Å². The zero-order valence-corrected chi connectivity index (χ0v) is 33.3. The predicted octanol–water partition coefficient (Wildman–Crippen LogP) is 11.5. The SMILES string of the molecule is CCCCC(CC)CN1C(=O)C(N)=C(C)/C(=C/C2CC=C(C3=CCC(C4CC=C(c5ccc(N(c6ccccc6)c6ccccc6)cc5)S4)S3)S2)C1=O. The smallest absolute Gasteiger partial charge is 0.276 e. The number of hydrogen-bond acceptors (Lipinski definition) is 7. The fraction of sp³-hybridized carbons (Fsp3) is 0.333. The largest absolute Gasteiger partial charge is 0.394 e. The number of thioether (sulfide) groups is 3. The third kappa shape index (κ3) is 8.30. The number of hydrogen-bond donors (Lipinski definition) is 1. The molecule has 4 unspecified atom stereocenters. The minimum Gasteiger partial charge on any atom is -0.394 e. The molecule has 53 heavy (non-hydrogen) atoms. The van der Waals surface area contributed by atoms with Crippen LogP contribution in [0.5, 0.6) is 0 Å². The fourth-order valence-electron chi connectivity index (χ4n) is 7.46. The van der Waals surface area contributed by atoms with E-state index in [0.29, 0.717) is 34.1 Å². The lowest BCUT2D eigenvalue weighted by atomic mass is 9.94. The van der Waals surface area contributed by atoms with Crippen molar-refractivity contribution in [3.8, 4) is 0 Å². The Morgan fingerprint density at radius 1 is 0.755 bits per heavy atom. The van der Waals surface area contributed by atoms with Gasteiger partial charge in [0.25, 0.3) is 11.8 Å². The summed E-state index contributed by atoms with van der Waals surface area (Å²) in [6.07, 6.45) is 16.4. The molecule has 8 heteroatoms. The summed E-state index contributed by atoms with van der Waals surface area (Å²) in [6.45, 7) is 6.56. The Hall–Kier alpha value is -3.85. The van der Waals surface area contributed by atoms with Crippen LogP contribution >= 0.6 is 35.3 Å². The number of carbonyl (C=O) groups excluding carboxylic acids is 2. The van der Waals surface area contributed by atoms with Crippen LogP contribution in [-0.2, 0) is 9.59 Å². The molecule has 0 fully saturated rings. The van der Waals surface area contributed by atoms with E-state index in [1.807, 2.05) is 42.2 Å². The number of anilines is 3. The van der Waals surface area contributed by atoms with E-state index in [0.717, 1.165) is 62.0 Å². The number of rotatable bonds is 13. The normalized spacial score (nSPS) is 23.1. The summed E-state index contributed by atoms with van der Waals surface area (Å²) in [5, 5.41) is 1.19. The van der Waals surface area contributed by atoms with Gasteiger partial charge in [0.1, 0.15) is 5.70 Å². The van der Waals surface area contributed by atoms with E-state index in [9.17, 15) is 9.59 Å². The van der Waals surface area contributed by atoms with Crippen LogP contribution in [-0.4, -0.2) is 39.0 Å². The van der Waals surface area contributed by atoms with Crippen molar-refractivity contribution in [1.82, 2.24) is 4.90 Å². The molecular formula is C45H49N3O2S3. The fourth-order valence-corrected chi connectivity index (χ4v) is 11.6. The van der Waals surface area contributed by atoms with E-state index in [1.54, 1.807) is 0 Å². The van der Waals surface area contributed by atoms with E-state index in [2.05, 4.69) is 128 Å². The van der Waals surface area contributed by atoms with Crippen molar-refractivity contribution >= 4 is 69.1 Å². The van der Waals surface area contributed by atoms with Crippen molar-refractivity contribution in [2.45, 2.75) is 81.5 Å². The number of allylic oxidation sites excluding steroid dienone is 3. The molecule has 3 aromatic rings. The molecule has 4 heterocycles. The third-order valence-electron chi connectivity index (χ3n) is 10.6. The molecule has 4 aliphatic rings. The summed E-state index contributed by atoms with van der Waals surface area (Å²) >= 11 is 5.86. The summed E-state index contributed by atoms with van der Waals surface area (Å²) in [7, 11) is 0. The van der Waals surface area contributed by atoms with Crippen LogP contribution in [0.1, 0.15) is 71.3 Å². The molecule has 0 spiro atoms. The predicted molar refractivity (Wildman–Crippen MR) is 228 cm³/mol. The number of amides is 2. The first-order valence-corrected chi connectivity index (χ1v) is 21.6. The highest BCUT2D eigenvalue weighted by molar-refractivity contribution is 8.12. The summed E-state index contributed by atoms with van der Waals surface area (Å²) in [5.41, 5.74) is 12.4. The molecule has 5 nitrogen and oxygen atoms in total. The maximum atomic E-state index is 13.7. The van der Waals surface area contributed by atoms with Crippen molar-refractivity contribution in [2.75, 3.05) is 11.4 Å². The zero-order valence-electron chi connectivity index (χ0n) is 30.9. The number of carbonyl (C=O) groups is 2. The quantitative estimate of drug-likeness (QED) is 0.137. The lowest BCUT2D eigenvalue weighted by molar-refractivity contribution is -0.141. The van der Waals surface area contributed by atoms with Gasteiger partial charge in [0.05, 0.1) is 0 Å². The summed E-state index contributed by atoms with van der Waals surface area (Å²) in [4.78, 5) is 34.6. The lowest BCUT2D eigenvalue weighted by Gasteiger charge is -2.31. The molecule has 0 bridgehead atoms. The van der Waals surface area contributed by atoms with Gasteiger partial charge in [-0.05, 0) is 86.1 Å². The molecule has 2 amide bonds. The molecule has 3 aromatic carbocycles. The van der Waals surface area contributed by atoms with Crippen molar-refractivity contribution in [3.05, 3.63) is 141 Å². The Kier molecular flexibility index (Phi) is 12.1. The van der Waals surface area contributed by atoms with Crippen molar-refractivity contribution in [3.63, 3.8) is 0 Å². The molecule has 2 N–H and O–H groups in total. The minimum absolute atomic E-state index is 0.140. The first kappa shape index (κ1) is 37.5. The molecule has 7 rings (SSSR count). The van der Waals surface area contributed by atoms with Crippen LogP contribution in [0.2, 0.25) is 0 Å². The average molecular weight is 760 g/mol. The van der Waals surface area contributed by atoms with Gasteiger partial charge in [-0.3, -0.25) is 14.5 Å². The number of nitrogens with two attached hydrogens (primary N) is 1. The molecule has 0 saturated carbocycles.